The van der Waals surface area contributed by atoms with Gasteiger partial charge in [-0.1, -0.05) is 11.6 Å². The van der Waals surface area contributed by atoms with Gasteiger partial charge in [-0.15, -0.1) is 0 Å². The highest BCUT2D eigenvalue weighted by molar-refractivity contribution is 6.30. The molecule has 0 aliphatic rings. The van der Waals surface area contributed by atoms with Gasteiger partial charge >= 0.3 is 0 Å². The number of carbonyl (C=O) groups is 1. The van der Waals surface area contributed by atoms with Gasteiger partial charge in [0, 0.05) is 17.4 Å². The third kappa shape index (κ3) is 3.94. The largest absolute Gasteiger partial charge is 0.467 e. The van der Waals surface area contributed by atoms with E-state index in [0.29, 0.717) is 33.2 Å². The SMILES string of the molecule is Cc1nn(CC(=O)NCc2ccco2)c(=O)c2c(-n3cccc3)n(-c3ccc(Cl)cc3)nc12. The Labute approximate surface area is 192 Å². The third-order valence-electron chi connectivity index (χ3n) is 5.18. The molecule has 4 heterocycles. The molecular formula is C23H19ClN6O3. The molecule has 0 bridgehead atoms. The zero-order valence-electron chi connectivity index (χ0n) is 17.6. The van der Waals surface area contributed by atoms with E-state index < -0.39 is 5.56 Å². The second kappa shape index (κ2) is 8.44. The predicted molar refractivity (Wildman–Crippen MR) is 123 cm³/mol. The van der Waals surface area contributed by atoms with E-state index in [2.05, 4.69) is 15.5 Å². The Morgan fingerprint density at radius 2 is 1.85 bits per heavy atom. The molecule has 0 fully saturated rings. The van der Waals surface area contributed by atoms with Crippen molar-refractivity contribution in [3.05, 3.63) is 94.0 Å². The molecule has 33 heavy (non-hydrogen) atoms. The first-order valence-electron chi connectivity index (χ1n) is 10.2. The minimum Gasteiger partial charge on any atom is -0.467 e. The smallest absolute Gasteiger partial charge is 0.280 e. The first kappa shape index (κ1) is 20.8. The quantitative estimate of drug-likeness (QED) is 0.417. The monoisotopic (exact) mass is 462 g/mol. The van der Waals surface area contributed by atoms with Crippen molar-refractivity contribution in [2.24, 2.45) is 0 Å². The highest BCUT2D eigenvalue weighted by Crippen LogP contribution is 2.25. The molecule has 9 nitrogen and oxygen atoms in total. The molecule has 0 aliphatic heterocycles. The van der Waals surface area contributed by atoms with Gasteiger partial charge in [0.1, 0.15) is 23.2 Å². The van der Waals surface area contributed by atoms with Gasteiger partial charge < -0.3 is 14.3 Å². The average molecular weight is 463 g/mol. The minimum absolute atomic E-state index is 0.227. The maximum atomic E-state index is 13.5. The molecule has 5 rings (SSSR count). The summed E-state index contributed by atoms with van der Waals surface area (Å²) in [5, 5.41) is 12.7. The Hall–Kier alpha value is -4.11. The maximum Gasteiger partial charge on any atom is 0.280 e. The normalized spacial score (nSPS) is 11.2. The van der Waals surface area contributed by atoms with E-state index in [9.17, 15) is 9.59 Å². The van der Waals surface area contributed by atoms with Gasteiger partial charge in [0.2, 0.25) is 5.91 Å². The molecule has 0 saturated heterocycles. The number of hydrogen-bond acceptors (Lipinski definition) is 5. The Morgan fingerprint density at radius 3 is 2.55 bits per heavy atom. The van der Waals surface area contributed by atoms with Gasteiger partial charge in [0.25, 0.3) is 5.56 Å². The lowest BCUT2D eigenvalue weighted by atomic mass is 10.2. The molecule has 4 aromatic heterocycles. The van der Waals surface area contributed by atoms with E-state index in [1.807, 2.05) is 41.2 Å². The van der Waals surface area contributed by atoms with Crippen molar-refractivity contribution in [3.8, 4) is 11.5 Å². The van der Waals surface area contributed by atoms with Crippen LogP contribution in [0.3, 0.4) is 0 Å². The molecule has 0 spiro atoms. The number of aryl methyl sites for hydroxylation is 1. The Kier molecular flexibility index (Phi) is 5.31. The zero-order chi connectivity index (χ0) is 22.9. The average Bonchev–Trinajstić information content (AvgIpc) is 3.57. The summed E-state index contributed by atoms with van der Waals surface area (Å²) >= 11 is 6.05. The Morgan fingerprint density at radius 1 is 1.09 bits per heavy atom. The van der Waals surface area contributed by atoms with Crippen LogP contribution in [-0.4, -0.2) is 30.0 Å². The van der Waals surface area contributed by atoms with Gasteiger partial charge in [-0.25, -0.2) is 9.36 Å². The molecule has 0 atom stereocenters. The van der Waals surface area contributed by atoms with Gasteiger partial charge in [-0.05, 0) is 55.5 Å². The summed E-state index contributed by atoms with van der Waals surface area (Å²) in [6, 6.07) is 14.4. The number of hydrogen-bond donors (Lipinski definition) is 1. The summed E-state index contributed by atoms with van der Waals surface area (Å²) in [6.45, 7) is 1.76. The summed E-state index contributed by atoms with van der Waals surface area (Å²) in [5.41, 5.74) is 1.32. The molecule has 0 radical (unpaired) electrons. The van der Waals surface area contributed by atoms with Crippen LogP contribution in [0.5, 0.6) is 0 Å². The molecule has 0 aliphatic carbocycles. The van der Waals surface area contributed by atoms with Gasteiger partial charge in [-0.3, -0.25) is 9.59 Å². The van der Waals surface area contributed by atoms with Crippen LogP contribution in [0.25, 0.3) is 22.4 Å². The number of carbonyl (C=O) groups excluding carboxylic acids is 1. The lowest BCUT2D eigenvalue weighted by Gasteiger charge is -2.10. The van der Waals surface area contributed by atoms with E-state index in [-0.39, 0.29) is 19.0 Å². The predicted octanol–water partition coefficient (Wildman–Crippen LogP) is 3.24. The molecule has 0 saturated carbocycles. The van der Waals surface area contributed by atoms with Crippen LogP contribution >= 0.6 is 11.6 Å². The van der Waals surface area contributed by atoms with Crippen molar-refractivity contribution in [1.82, 2.24) is 29.4 Å². The molecule has 166 valence electrons. The molecule has 10 heteroatoms. The molecule has 5 aromatic rings. The van der Waals surface area contributed by atoms with Crippen LogP contribution in [0.4, 0.5) is 0 Å². The zero-order valence-corrected chi connectivity index (χ0v) is 18.4. The summed E-state index contributed by atoms with van der Waals surface area (Å²) in [6.07, 6.45) is 5.20. The van der Waals surface area contributed by atoms with Crippen LogP contribution in [0, 0.1) is 6.92 Å². The van der Waals surface area contributed by atoms with E-state index in [1.54, 1.807) is 35.9 Å². The highest BCUT2D eigenvalue weighted by atomic mass is 35.5. The van der Waals surface area contributed by atoms with Crippen LogP contribution in [-0.2, 0) is 17.9 Å². The van der Waals surface area contributed by atoms with Crippen LogP contribution in [0.1, 0.15) is 11.5 Å². The summed E-state index contributed by atoms with van der Waals surface area (Å²) in [7, 11) is 0. The number of nitrogens with one attached hydrogen (secondary N) is 1. The lowest BCUT2D eigenvalue weighted by Crippen LogP contribution is -2.34. The minimum atomic E-state index is -0.410. The number of rotatable bonds is 6. The van der Waals surface area contributed by atoms with Gasteiger partial charge in [-0.2, -0.15) is 10.2 Å². The molecule has 1 aromatic carbocycles. The second-order valence-corrected chi connectivity index (χ2v) is 7.87. The second-order valence-electron chi connectivity index (χ2n) is 7.43. The van der Waals surface area contributed by atoms with Crippen molar-refractivity contribution in [2.75, 3.05) is 0 Å². The van der Waals surface area contributed by atoms with Gasteiger partial charge in [0.15, 0.2) is 5.82 Å². The number of furan rings is 1. The van der Waals surface area contributed by atoms with Crippen molar-refractivity contribution >= 4 is 28.4 Å². The van der Waals surface area contributed by atoms with Crippen molar-refractivity contribution in [3.63, 3.8) is 0 Å². The van der Waals surface area contributed by atoms with E-state index in [0.717, 1.165) is 10.4 Å². The summed E-state index contributed by atoms with van der Waals surface area (Å²) in [4.78, 5) is 26.0. The third-order valence-corrected chi connectivity index (χ3v) is 5.43. The first-order valence-corrected chi connectivity index (χ1v) is 10.6. The molecule has 1 amide bonds. The van der Waals surface area contributed by atoms with Crippen LogP contribution in [0.15, 0.2) is 76.4 Å². The molecular weight excluding hydrogens is 444 g/mol. The Balaban J connectivity index is 1.60. The number of fused-ring (bicyclic) bond motifs is 1. The summed E-state index contributed by atoms with van der Waals surface area (Å²) in [5.74, 6) is 0.819. The first-order chi connectivity index (χ1) is 16.0. The van der Waals surface area contributed by atoms with Crippen molar-refractivity contribution in [2.45, 2.75) is 20.0 Å². The fraction of sp³-hybridized carbons (Fsp3) is 0.130. The van der Waals surface area contributed by atoms with Crippen molar-refractivity contribution in [1.29, 1.82) is 0 Å². The number of amides is 1. The van der Waals surface area contributed by atoms with Gasteiger partial charge in [0.05, 0.1) is 24.2 Å². The number of nitrogens with zero attached hydrogens (tertiary/aromatic N) is 5. The highest BCUT2D eigenvalue weighted by Gasteiger charge is 2.22. The fourth-order valence-corrected chi connectivity index (χ4v) is 3.76. The standard InChI is InChI=1S/C23H19ClN6O3/c1-15-21-20(23(32)29(26-15)14-19(31)25-13-18-5-4-12-33-18)22(28-10-2-3-11-28)30(27-21)17-8-6-16(24)7-9-17/h2-12H,13-14H2,1H3,(H,25,31). The maximum absolute atomic E-state index is 13.5. The van der Waals surface area contributed by atoms with Crippen molar-refractivity contribution < 1.29 is 9.21 Å². The van der Waals surface area contributed by atoms with Crippen LogP contribution in [0.2, 0.25) is 5.02 Å². The summed E-state index contributed by atoms with van der Waals surface area (Å²) < 4.78 is 9.88. The van der Waals surface area contributed by atoms with E-state index >= 15 is 0 Å². The number of aromatic nitrogens is 5. The van der Waals surface area contributed by atoms with E-state index in [4.69, 9.17) is 16.0 Å². The number of benzene rings is 1. The van der Waals surface area contributed by atoms with Crippen LogP contribution < -0.4 is 10.9 Å². The van der Waals surface area contributed by atoms with E-state index in [1.165, 1.54) is 6.26 Å². The molecule has 0 unspecified atom stereocenters. The lowest BCUT2D eigenvalue weighted by molar-refractivity contribution is -0.122. The fourth-order valence-electron chi connectivity index (χ4n) is 3.64. The Bertz CT molecular complexity index is 1480. The topological polar surface area (TPSA) is 99.9 Å². The number of halogens is 1. The molecule has 1 N–H and O–H groups in total.